The standard InChI is InChI=1S/C32H27BNO2/c1-31(2,35)32(3,4)36-33-23-17-26-24-13-19-9-5-7-11-21(19)15-28(24)34-29-16-22-12-8-6-10-20(22)14-25(29)27(18-23)30(26)34/h5-18,35H,1-4H3. The number of benzene rings is 5. The molecule has 0 saturated heterocycles. The second-order valence-corrected chi connectivity index (χ2v) is 11.0. The molecule has 0 bridgehead atoms. The van der Waals surface area contributed by atoms with Crippen LogP contribution in [0.1, 0.15) is 27.7 Å². The highest BCUT2D eigenvalue weighted by Crippen LogP contribution is 2.41. The normalized spacial score (nSPS) is 13.2. The molecule has 0 aliphatic heterocycles. The number of aromatic nitrogens is 1. The lowest BCUT2D eigenvalue weighted by molar-refractivity contribution is -0.0893. The monoisotopic (exact) mass is 468 g/mol. The molecule has 5 aromatic carbocycles. The van der Waals surface area contributed by atoms with Crippen LogP contribution in [0.5, 0.6) is 0 Å². The minimum atomic E-state index is -0.981. The third-order valence-electron chi connectivity index (χ3n) is 8.11. The van der Waals surface area contributed by atoms with Crippen molar-refractivity contribution >= 4 is 72.6 Å². The summed E-state index contributed by atoms with van der Waals surface area (Å²) in [6.07, 6.45) is 0. The lowest BCUT2D eigenvalue weighted by Crippen LogP contribution is -2.49. The van der Waals surface area contributed by atoms with Crippen molar-refractivity contribution in [3.63, 3.8) is 0 Å². The minimum Gasteiger partial charge on any atom is -0.427 e. The summed E-state index contributed by atoms with van der Waals surface area (Å²) in [5, 5.41) is 20.4. The van der Waals surface area contributed by atoms with Gasteiger partial charge in [0.2, 0.25) is 0 Å². The van der Waals surface area contributed by atoms with Crippen LogP contribution < -0.4 is 5.46 Å². The summed E-state index contributed by atoms with van der Waals surface area (Å²) in [7, 11) is 1.80. The Labute approximate surface area is 210 Å². The largest absolute Gasteiger partial charge is 0.427 e. The first-order valence-electron chi connectivity index (χ1n) is 12.5. The van der Waals surface area contributed by atoms with Crippen molar-refractivity contribution in [2.24, 2.45) is 0 Å². The topological polar surface area (TPSA) is 33.9 Å². The first-order chi connectivity index (χ1) is 17.2. The van der Waals surface area contributed by atoms with E-state index in [1.54, 1.807) is 21.3 Å². The van der Waals surface area contributed by atoms with Gasteiger partial charge in [-0.2, -0.15) is 0 Å². The molecule has 0 amide bonds. The lowest BCUT2D eigenvalue weighted by atomic mass is 9.81. The molecule has 0 saturated carbocycles. The number of aliphatic hydroxyl groups is 1. The van der Waals surface area contributed by atoms with E-state index in [4.69, 9.17) is 4.65 Å². The van der Waals surface area contributed by atoms with Crippen LogP contribution in [0.25, 0.3) is 59.6 Å². The molecule has 7 aromatic rings. The van der Waals surface area contributed by atoms with E-state index in [9.17, 15) is 5.11 Å². The maximum absolute atomic E-state index is 10.6. The molecule has 0 aliphatic carbocycles. The average Bonchev–Trinajstić information content (AvgIpc) is 3.34. The molecule has 0 fully saturated rings. The minimum absolute atomic E-state index is 0.736. The Morgan fingerprint density at radius 3 is 1.53 bits per heavy atom. The number of rotatable bonds is 4. The van der Waals surface area contributed by atoms with Gasteiger partial charge < -0.3 is 14.2 Å². The first-order valence-corrected chi connectivity index (χ1v) is 12.5. The molecule has 2 heterocycles. The smallest absolute Gasteiger partial charge is 0.330 e. The van der Waals surface area contributed by atoms with Gasteiger partial charge in [0.1, 0.15) is 0 Å². The zero-order chi connectivity index (χ0) is 24.8. The van der Waals surface area contributed by atoms with E-state index in [-0.39, 0.29) is 0 Å². The van der Waals surface area contributed by atoms with E-state index >= 15 is 0 Å². The summed E-state index contributed by atoms with van der Waals surface area (Å²) in [5.41, 5.74) is 2.95. The van der Waals surface area contributed by atoms with Crippen LogP contribution in [0, 0.1) is 0 Å². The Morgan fingerprint density at radius 2 is 1.08 bits per heavy atom. The van der Waals surface area contributed by atoms with Crippen LogP contribution in [0.3, 0.4) is 0 Å². The van der Waals surface area contributed by atoms with Crippen LogP contribution in [0.15, 0.2) is 84.9 Å². The van der Waals surface area contributed by atoms with Gasteiger partial charge in [-0.3, -0.25) is 0 Å². The summed E-state index contributed by atoms with van der Waals surface area (Å²) in [5.74, 6) is 0. The summed E-state index contributed by atoms with van der Waals surface area (Å²) >= 11 is 0. The number of hydrogen-bond acceptors (Lipinski definition) is 2. The molecule has 1 radical (unpaired) electrons. The highest BCUT2D eigenvalue weighted by Gasteiger charge is 2.35. The second-order valence-electron chi connectivity index (χ2n) is 11.0. The predicted octanol–water partition coefficient (Wildman–Crippen LogP) is 6.95. The Morgan fingerprint density at radius 1 is 0.639 bits per heavy atom. The van der Waals surface area contributed by atoms with Gasteiger partial charge in [0, 0.05) is 21.5 Å². The van der Waals surface area contributed by atoms with Crippen molar-refractivity contribution in [1.29, 1.82) is 0 Å². The quantitative estimate of drug-likeness (QED) is 0.284. The predicted molar refractivity (Wildman–Crippen MR) is 153 cm³/mol. The molecular formula is C32H27BNO2. The van der Waals surface area contributed by atoms with E-state index in [2.05, 4.69) is 89.3 Å². The number of hydrogen-bond donors (Lipinski definition) is 1. The molecule has 7 rings (SSSR count). The van der Waals surface area contributed by atoms with Gasteiger partial charge in [-0.25, -0.2) is 0 Å². The molecule has 1 N–H and O–H groups in total. The number of fused-ring (bicyclic) bond motifs is 8. The van der Waals surface area contributed by atoms with Gasteiger partial charge in [0.25, 0.3) is 0 Å². The van der Waals surface area contributed by atoms with Crippen molar-refractivity contribution in [3.05, 3.63) is 84.9 Å². The first kappa shape index (κ1) is 21.7. The maximum Gasteiger partial charge on any atom is 0.330 e. The molecule has 36 heavy (non-hydrogen) atoms. The summed E-state index contributed by atoms with van der Waals surface area (Å²) < 4.78 is 8.61. The Balaban J connectivity index is 1.57. The molecule has 0 unspecified atom stereocenters. The van der Waals surface area contributed by atoms with E-state index < -0.39 is 11.2 Å². The lowest BCUT2D eigenvalue weighted by Gasteiger charge is -2.37. The van der Waals surface area contributed by atoms with Crippen molar-refractivity contribution in [2.45, 2.75) is 38.9 Å². The van der Waals surface area contributed by atoms with Gasteiger partial charge >= 0.3 is 7.48 Å². The van der Waals surface area contributed by atoms with Gasteiger partial charge in [0.05, 0.1) is 27.8 Å². The number of nitrogens with zero attached hydrogens (tertiary/aromatic N) is 1. The molecule has 3 nitrogen and oxygen atoms in total. The highest BCUT2D eigenvalue weighted by molar-refractivity contribution is 6.49. The molecule has 0 spiro atoms. The highest BCUT2D eigenvalue weighted by atomic mass is 16.5. The van der Waals surface area contributed by atoms with E-state index in [0.717, 1.165) is 5.46 Å². The third kappa shape index (κ3) is 3.01. The Bertz CT molecular complexity index is 1840. The summed E-state index contributed by atoms with van der Waals surface area (Å²) in [6.45, 7) is 7.40. The van der Waals surface area contributed by atoms with Crippen LogP contribution >= 0.6 is 0 Å². The summed E-state index contributed by atoms with van der Waals surface area (Å²) in [6, 6.07) is 30.8. The van der Waals surface area contributed by atoms with Crippen LogP contribution in [-0.4, -0.2) is 28.2 Å². The fourth-order valence-corrected chi connectivity index (χ4v) is 5.36. The van der Waals surface area contributed by atoms with Gasteiger partial charge in [-0.1, -0.05) is 66.1 Å². The molecule has 0 aliphatic rings. The molecule has 2 aromatic heterocycles. The van der Waals surface area contributed by atoms with Crippen molar-refractivity contribution < 1.29 is 9.76 Å². The molecular weight excluding hydrogens is 441 g/mol. The molecule has 0 atom stereocenters. The van der Waals surface area contributed by atoms with Gasteiger partial charge in [-0.15, -0.1) is 0 Å². The van der Waals surface area contributed by atoms with E-state index in [0.29, 0.717) is 0 Å². The zero-order valence-electron chi connectivity index (χ0n) is 21.0. The fraction of sp³-hybridized carbons (Fsp3) is 0.188. The average molecular weight is 468 g/mol. The van der Waals surface area contributed by atoms with Crippen LogP contribution in [-0.2, 0) is 4.65 Å². The van der Waals surface area contributed by atoms with Crippen LogP contribution in [0.4, 0.5) is 0 Å². The maximum atomic E-state index is 10.6. The van der Waals surface area contributed by atoms with Crippen LogP contribution in [0.2, 0.25) is 0 Å². The van der Waals surface area contributed by atoms with Crippen molar-refractivity contribution in [3.8, 4) is 0 Å². The van der Waals surface area contributed by atoms with Crippen molar-refractivity contribution in [1.82, 2.24) is 4.40 Å². The third-order valence-corrected chi connectivity index (χ3v) is 8.11. The van der Waals surface area contributed by atoms with Gasteiger partial charge in [0.15, 0.2) is 0 Å². The Kier molecular flexibility index (Phi) is 4.35. The second kappa shape index (κ2) is 7.22. The van der Waals surface area contributed by atoms with E-state index in [1.165, 1.54) is 59.6 Å². The molecule has 4 heteroatoms. The molecule has 175 valence electrons. The fourth-order valence-electron chi connectivity index (χ4n) is 5.36. The summed E-state index contributed by atoms with van der Waals surface area (Å²) in [4.78, 5) is 0. The van der Waals surface area contributed by atoms with Gasteiger partial charge in [-0.05, 0) is 73.5 Å². The van der Waals surface area contributed by atoms with E-state index in [1.807, 2.05) is 13.8 Å². The van der Waals surface area contributed by atoms with Crippen molar-refractivity contribution in [2.75, 3.05) is 0 Å². The SMILES string of the molecule is CC(C)(O)C(C)(C)O[B]c1cc2c3cc4ccccc4cc3n3c4cc5ccccc5cc4c(c1)c23. The Hall–Kier alpha value is -3.60. The zero-order valence-corrected chi connectivity index (χ0v) is 21.0.